The molecule has 0 heterocycles. The third-order valence-electron chi connectivity index (χ3n) is 4.73. The lowest BCUT2D eigenvalue weighted by Gasteiger charge is -2.14. The molecule has 1 N–H and O–H groups in total. The molecule has 1 nitrogen and oxygen atoms in total. The molecule has 3 heteroatoms. The van der Waals surface area contributed by atoms with Gasteiger partial charge in [0.1, 0.15) is 11.6 Å². The highest BCUT2D eigenvalue weighted by molar-refractivity contribution is 5.27. The normalized spacial score (nSPS) is 23.5. The van der Waals surface area contributed by atoms with Crippen LogP contribution in [0.5, 0.6) is 0 Å². The summed E-state index contributed by atoms with van der Waals surface area (Å²) >= 11 is 0. The average molecular weight is 240 g/mol. The van der Waals surface area contributed by atoms with Crippen molar-refractivity contribution < 1.29 is 13.9 Å². The van der Waals surface area contributed by atoms with E-state index in [1.807, 2.05) is 0 Å². The fourth-order valence-electron chi connectivity index (χ4n) is 2.96. The average Bonchev–Trinajstić information content (AvgIpc) is 2.56. The van der Waals surface area contributed by atoms with Gasteiger partial charge in [0.05, 0.1) is 6.10 Å². The van der Waals surface area contributed by atoms with E-state index in [9.17, 15) is 13.9 Å². The standard InChI is InChI=1S/C14H18F2O/c1-13(2)12(14(13,3)4)11(17)9-6-5-8(15)7-10(9)16/h5-7,11-12,17H,1-4H3. The molecule has 0 aliphatic heterocycles. The van der Waals surface area contributed by atoms with Gasteiger partial charge in [0.2, 0.25) is 0 Å². The molecule has 94 valence electrons. The summed E-state index contributed by atoms with van der Waals surface area (Å²) in [5.74, 6) is -1.29. The van der Waals surface area contributed by atoms with Crippen LogP contribution in [0.4, 0.5) is 8.78 Å². The maximum absolute atomic E-state index is 13.6. The van der Waals surface area contributed by atoms with Crippen molar-refractivity contribution in [2.24, 2.45) is 16.7 Å². The maximum Gasteiger partial charge on any atom is 0.131 e. The zero-order chi connectivity index (χ0) is 13.0. The number of aliphatic hydroxyl groups is 1. The van der Waals surface area contributed by atoms with Gasteiger partial charge >= 0.3 is 0 Å². The van der Waals surface area contributed by atoms with Crippen LogP contribution < -0.4 is 0 Å². The van der Waals surface area contributed by atoms with Crippen LogP contribution in [0.2, 0.25) is 0 Å². The number of hydrogen-bond donors (Lipinski definition) is 1. The summed E-state index contributed by atoms with van der Waals surface area (Å²) in [6, 6.07) is 3.34. The lowest BCUT2D eigenvalue weighted by atomic mass is 9.99. The summed E-state index contributed by atoms with van der Waals surface area (Å²) in [5.41, 5.74) is 0.121. The van der Waals surface area contributed by atoms with E-state index in [1.54, 1.807) is 0 Å². The summed E-state index contributed by atoms with van der Waals surface area (Å²) in [5, 5.41) is 10.2. The van der Waals surface area contributed by atoms with Crippen molar-refractivity contribution in [1.29, 1.82) is 0 Å². The van der Waals surface area contributed by atoms with E-state index in [0.29, 0.717) is 0 Å². The largest absolute Gasteiger partial charge is 0.388 e. The zero-order valence-corrected chi connectivity index (χ0v) is 10.6. The molecule has 1 aliphatic rings. The third-order valence-corrected chi connectivity index (χ3v) is 4.73. The first-order valence-corrected chi connectivity index (χ1v) is 5.82. The van der Waals surface area contributed by atoms with Crippen LogP contribution in [0.1, 0.15) is 39.4 Å². The van der Waals surface area contributed by atoms with Crippen LogP contribution in [0.3, 0.4) is 0 Å². The second kappa shape index (κ2) is 3.52. The SMILES string of the molecule is CC1(C)C(C(O)c2ccc(F)cc2F)C1(C)C. The Labute approximate surface area is 100 Å². The molecule has 0 amide bonds. The van der Waals surface area contributed by atoms with Crippen LogP contribution in [-0.4, -0.2) is 5.11 Å². The molecule has 1 saturated carbocycles. The minimum atomic E-state index is -0.874. The highest BCUT2D eigenvalue weighted by Crippen LogP contribution is 2.72. The van der Waals surface area contributed by atoms with Crippen molar-refractivity contribution >= 4 is 0 Å². The number of rotatable bonds is 2. The minimum Gasteiger partial charge on any atom is -0.388 e. The van der Waals surface area contributed by atoms with Gasteiger partial charge in [-0.3, -0.25) is 0 Å². The van der Waals surface area contributed by atoms with Crippen LogP contribution in [0.15, 0.2) is 18.2 Å². The predicted octanol–water partition coefficient (Wildman–Crippen LogP) is 3.68. The Morgan fingerprint density at radius 2 is 1.65 bits per heavy atom. The minimum absolute atomic E-state index is 0.00467. The molecule has 2 rings (SSSR count). The van der Waals surface area contributed by atoms with E-state index in [1.165, 1.54) is 12.1 Å². The van der Waals surface area contributed by atoms with Gasteiger partial charge in [0.25, 0.3) is 0 Å². The van der Waals surface area contributed by atoms with Crippen LogP contribution in [0, 0.1) is 28.4 Å². The molecular formula is C14H18F2O. The molecule has 0 radical (unpaired) electrons. The smallest absolute Gasteiger partial charge is 0.131 e. The molecular weight excluding hydrogens is 222 g/mol. The Bertz CT molecular complexity index is 438. The summed E-state index contributed by atoms with van der Waals surface area (Å²) in [6.07, 6.45) is -0.874. The first-order valence-electron chi connectivity index (χ1n) is 5.82. The summed E-state index contributed by atoms with van der Waals surface area (Å²) < 4.78 is 26.4. The lowest BCUT2D eigenvalue weighted by molar-refractivity contribution is 0.126. The first kappa shape index (κ1) is 12.5. The van der Waals surface area contributed by atoms with Gasteiger partial charge in [-0.05, 0) is 16.9 Å². The second-order valence-electron chi connectivity index (χ2n) is 6.03. The zero-order valence-electron chi connectivity index (χ0n) is 10.6. The van der Waals surface area contributed by atoms with Crippen molar-refractivity contribution in [2.75, 3.05) is 0 Å². The van der Waals surface area contributed by atoms with Crippen LogP contribution >= 0.6 is 0 Å². The molecule has 1 atom stereocenters. The van der Waals surface area contributed by atoms with Gasteiger partial charge < -0.3 is 5.11 Å². The van der Waals surface area contributed by atoms with Gasteiger partial charge in [-0.25, -0.2) is 8.78 Å². The fourth-order valence-corrected chi connectivity index (χ4v) is 2.96. The highest BCUT2D eigenvalue weighted by Gasteiger charge is 2.67. The monoisotopic (exact) mass is 240 g/mol. The van der Waals surface area contributed by atoms with E-state index in [2.05, 4.69) is 27.7 Å². The van der Waals surface area contributed by atoms with Crippen molar-refractivity contribution in [1.82, 2.24) is 0 Å². The molecule has 17 heavy (non-hydrogen) atoms. The van der Waals surface area contributed by atoms with Crippen molar-refractivity contribution in [3.63, 3.8) is 0 Å². The van der Waals surface area contributed by atoms with Crippen molar-refractivity contribution in [3.8, 4) is 0 Å². The molecule has 1 fully saturated rings. The molecule has 1 unspecified atom stereocenters. The van der Waals surface area contributed by atoms with E-state index >= 15 is 0 Å². The van der Waals surface area contributed by atoms with E-state index < -0.39 is 17.7 Å². The molecule has 0 spiro atoms. The molecule has 1 aromatic carbocycles. The number of halogens is 2. The van der Waals surface area contributed by atoms with Gasteiger partial charge in [0.15, 0.2) is 0 Å². The summed E-state index contributed by atoms with van der Waals surface area (Å²) in [4.78, 5) is 0. The van der Waals surface area contributed by atoms with E-state index in [-0.39, 0.29) is 22.3 Å². The van der Waals surface area contributed by atoms with Gasteiger partial charge in [-0.2, -0.15) is 0 Å². The molecule has 0 bridgehead atoms. The quantitative estimate of drug-likeness (QED) is 0.836. The topological polar surface area (TPSA) is 20.2 Å². The Morgan fingerprint density at radius 1 is 1.12 bits per heavy atom. The number of hydrogen-bond acceptors (Lipinski definition) is 1. The summed E-state index contributed by atoms with van der Waals surface area (Å²) in [7, 11) is 0. The van der Waals surface area contributed by atoms with Crippen LogP contribution in [0.25, 0.3) is 0 Å². The van der Waals surface area contributed by atoms with E-state index in [4.69, 9.17) is 0 Å². The number of aliphatic hydroxyl groups excluding tert-OH is 1. The van der Waals surface area contributed by atoms with Gasteiger partial charge in [0, 0.05) is 17.5 Å². The molecule has 0 aromatic heterocycles. The van der Waals surface area contributed by atoms with Crippen molar-refractivity contribution in [2.45, 2.75) is 33.8 Å². The van der Waals surface area contributed by atoms with Gasteiger partial charge in [-0.15, -0.1) is 0 Å². The van der Waals surface area contributed by atoms with Crippen molar-refractivity contribution in [3.05, 3.63) is 35.4 Å². The van der Waals surface area contributed by atoms with Crippen LogP contribution in [-0.2, 0) is 0 Å². The van der Waals surface area contributed by atoms with E-state index in [0.717, 1.165) is 6.07 Å². The first-order chi connectivity index (χ1) is 7.69. The third kappa shape index (κ3) is 1.68. The Kier molecular flexibility index (Phi) is 2.58. The Balaban J connectivity index is 2.31. The highest BCUT2D eigenvalue weighted by atomic mass is 19.1. The fraction of sp³-hybridized carbons (Fsp3) is 0.571. The summed E-state index contributed by atoms with van der Waals surface area (Å²) in [6.45, 7) is 8.23. The second-order valence-corrected chi connectivity index (χ2v) is 6.03. The molecule has 0 saturated heterocycles. The molecule has 1 aliphatic carbocycles. The Hall–Kier alpha value is -0.960. The Morgan fingerprint density at radius 3 is 2.06 bits per heavy atom. The van der Waals surface area contributed by atoms with Gasteiger partial charge in [-0.1, -0.05) is 33.8 Å². The maximum atomic E-state index is 13.6. The predicted molar refractivity (Wildman–Crippen MR) is 62.4 cm³/mol. The number of benzene rings is 1. The lowest BCUT2D eigenvalue weighted by Crippen LogP contribution is -2.08. The molecule has 1 aromatic rings.